The second-order valence-electron chi connectivity index (χ2n) is 7.57. The molecule has 3 unspecified atom stereocenters. The van der Waals surface area contributed by atoms with Crippen molar-refractivity contribution in [2.24, 2.45) is 16.7 Å². The Morgan fingerprint density at radius 3 is 2.53 bits per heavy atom. The summed E-state index contributed by atoms with van der Waals surface area (Å²) in [5, 5.41) is 3.91. The van der Waals surface area contributed by atoms with Crippen molar-refractivity contribution >= 4 is 11.8 Å². The molecular weight excluding hydrogens is 252 g/mol. The topological polar surface area (TPSA) is 15.3 Å². The summed E-state index contributed by atoms with van der Waals surface area (Å²) >= 11 is 2.10. The first-order chi connectivity index (χ1) is 9.04. The highest BCUT2D eigenvalue weighted by atomic mass is 32.2. The van der Waals surface area contributed by atoms with E-state index in [1.54, 1.807) is 0 Å². The van der Waals surface area contributed by atoms with Gasteiger partial charge in [-0.3, -0.25) is 0 Å². The lowest BCUT2D eigenvalue weighted by Crippen LogP contribution is -2.47. The fraction of sp³-hybridized carbons (Fsp3) is 1.00. The standard InChI is InChI=1S/C16H30N2S/c1-15(2)13-4-5-16(15,3)14(12-13)17-6-7-18-8-10-19-11-9-18/h13-14,17H,4-12H2,1-3H3. The van der Waals surface area contributed by atoms with Crippen LogP contribution in [0.5, 0.6) is 0 Å². The van der Waals surface area contributed by atoms with Gasteiger partial charge in [0.1, 0.15) is 0 Å². The third kappa shape index (κ3) is 2.36. The summed E-state index contributed by atoms with van der Waals surface area (Å²) in [6.07, 6.45) is 4.31. The molecule has 2 bridgehead atoms. The largest absolute Gasteiger partial charge is 0.312 e. The van der Waals surface area contributed by atoms with Crippen LogP contribution >= 0.6 is 11.8 Å². The Bertz CT molecular complexity index is 325. The number of nitrogens with zero attached hydrogens (tertiary/aromatic N) is 1. The minimum Gasteiger partial charge on any atom is -0.312 e. The van der Waals surface area contributed by atoms with E-state index in [9.17, 15) is 0 Å². The van der Waals surface area contributed by atoms with Crippen LogP contribution in [0.25, 0.3) is 0 Å². The van der Waals surface area contributed by atoms with Crippen LogP contribution in [0.2, 0.25) is 0 Å². The molecule has 3 aliphatic rings. The molecule has 1 heterocycles. The minimum atomic E-state index is 0.537. The van der Waals surface area contributed by atoms with Crippen molar-refractivity contribution < 1.29 is 0 Å². The molecule has 3 heteroatoms. The van der Waals surface area contributed by atoms with Crippen molar-refractivity contribution in [1.29, 1.82) is 0 Å². The smallest absolute Gasteiger partial charge is 0.0129 e. The molecule has 0 spiro atoms. The van der Waals surface area contributed by atoms with E-state index >= 15 is 0 Å². The second kappa shape index (κ2) is 5.23. The molecule has 3 fully saturated rings. The van der Waals surface area contributed by atoms with Crippen molar-refractivity contribution in [2.75, 3.05) is 37.7 Å². The lowest BCUT2D eigenvalue weighted by atomic mass is 9.69. The Labute approximate surface area is 123 Å². The first-order valence-electron chi connectivity index (χ1n) is 8.07. The van der Waals surface area contributed by atoms with Gasteiger partial charge < -0.3 is 10.2 Å². The van der Waals surface area contributed by atoms with Crippen LogP contribution in [0.1, 0.15) is 40.0 Å². The van der Waals surface area contributed by atoms with E-state index in [4.69, 9.17) is 0 Å². The summed E-state index contributed by atoms with van der Waals surface area (Å²) in [7, 11) is 0. The van der Waals surface area contributed by atoms with Crippen LogP contribution in [0.4, 0.5) is 0 Å². The average molecular weight is 282 g/mol. The van der Waals surface area contributed by atoms with Crippen molar-refractivity contribution in [3.8, 4) is 0 Å². The Hall–Kier alpha value is 0.270. The molecule has 1 N–H and O–H groups in total. The van der Waals surface area contributed by atoms with Crippen molar-refractivity contribution in [3.63, 3.8) is 0 Å². The molecule has 2 saturated carbocycles. The van der Waals surface area contributed by atoms with Crippen LogP contribution in [0.15, 0.2) is 0 Å². The van der Waals surface area contributed by atoms with Crippen LogP contribution in [-0.2, 0) is 0 Å². The fourth-order valence-electron chi connectivity index (χ4n) is 4.73. The molecule has 2 aliphatic carbocycles. The van der Waals surface area contributed by atoms with Gasteiger partial charge in [-0.2, -0.15) is 11.8 Å². The Kier molecular flexibility index (Phi) is 3.92. The highest BCUT2D eigenvalue weighted by Gasteiger charge is 2.60. The van der Waals surface area contributed by atoms with E-state index in [0.29, 0.717) is 10.8 Å². The molecule has 19 heavy (non-hydrogen) atoms. The molecule has 0 radical (unpaired) electrons. The number of hydrogen-bond acceptors (Lipinski definition) is 3. The lowest BCUT2D eigenvalue weighted by molar-refractivity contribution is 0.119. The van der Waals surface area contributed by atoms with Gasteiger partial charge in [0.2, 0.25) is 0 Å². The Morgan fingerprint density at radius 1 is 1.21 bits per heavy atom. The van der Waals surface area contributed by atoms with Crippen LogP contribution in [0, 0.1) is 16.7 Å². The van der Waals surface area contributed by atoms with Gasteiger partial charge in [0, 0.05) is 43.7 Å². The van der Waals surface area contributed by atoms with Gasteiger partial charge in [-0.05, 0) is 36.0 Å². The quantitative estimate of drug-likeness (QED) is 0.853. The van der Waals surface area contributed by atoms with E-state index < -0.39 is 0 Å². The number of fused-ring (bicyclic) bond motifs is 2. The normalized spacial score (nSPS) is 41.8. The molecule has 3 rings (SSSR count). The first-order valence-corrected chi connectivity index (χ1v) is 9.23. The molecule has 3 atom stereocenters. The number of hydrogen-bond donors (Lipinski definition) is 1. The molecule has 0 aromatic carbocycles. The number of rotatable bonds is 4. The van der Waals surface area contributed by atoms with Crippen molar-refractivity contribution in [1.82, 2.24) is 10.2 Å². The molecule has 1 saturated heterocycles. The maximum atomic E-state index is 3.91. The summed E-state index contributed by atoms with van der Waals surface area (Å²) in [5.41, 5.74) is 1.09. The van der Waals surface area contributed by atoms with Gasteiger partial charge >= 0.3 is 0 Å². The SMILES string of the molecule is CC1(C)C2CCC1(C)C(NCCN1CCSCC1)C2. The molecule has 0 amide bonds. The molecule has 1 aliphatic heterocycles. The summed E-state index contributed by atoms with van der Waals surface area (Å²) in [6, 6.07) is 0.764. The zero-order chi connectivity index (χ0) is 13.5. The maximum Gasteiger partial charge on any atom is 0.0129 e. The average Bonchev–Trinajstić information content (AvgIpc) is 2.73. The highest BCUT2D eigenvalue weighted by molar-refractivity contribution is 7.99. The van der Waals surface area contributed by atoms with E-state index in [1.165, 1.54) is 56.9 Å². The zero-order valence-electron chi connectivity index (χ0n) is 12.9. The van der Waals surface area contributed by atoms with Gasteiger partial charge in [-0.25, -0.2) is 0 Å². The summed E-state index contributed by atoms with van der Waals surface area (Å²) in [5.74, 6) is 3.62. The Balaban J connectivity index is 1.49. The number of nitrogens with one attached hydrogen (secondary N) is 1. The van der Waals surface area contributed by atoms with E-state index in [2.05, 4.69) is 42.7 Å². The van der Waals surface area contributed by atoms with E-state index in [0.717, 1.165) is 12.0 Å². The Morgan fingerprint density at radius 2 is 1.95 bits per heavy atom. The maximum absolute atomic E-state index is 3.91. The van der Waals surface area contributed by atoms with Crippen molar-refractivity contribution in [2.45, 2.75) is 46.1 Å². The van der Waals surface area contributed by atoms with Gasteiger partial charge in [0.25, 0.3) is 0 Å². The monoisotopic (exact) mass is 282 g/mol. The summed E-state index contributed by atoms with van der Waals surface area (Å²) in [4.78, 5) is 2.63. The highest BCUT2D eigenvalue weighted by Crippen LogP contribution is 2.65. The van der Waals surface area contributed by atoms with Crippen LogP contribution < -0.4 is 5.32 Å². The first kappa shape index (κ1) is 14.2. The third-order valence-corrected chi connectivity index (χ3v) is 7.66. The van der Waals surface area contributed by atoms with Crippen LogP contribution in [0.3, 0.4) is 0 Å². The van der Waals surface area contributed by atoms with Gasteiger partial charge in [-0.15, -0.1) is 0 Å². The van der Waals surface area contributed by atoms with Gasteiger partial charge in [0.15, 0.2) is 0 Å². The fourth-order valence-corrected chi connectivity index (χ4v) is 5.71. The molecule has 110 valence electrons. The molecular formula is C16H30N2S. The lowest BCUT2D eigenvalue weighted by Gasteiger charge is -2.40. The van der Waals surface area contributed by atoms with Gasteiger partial charge in [0.05, 0.1) is 0 Å². The summed E-state index contributed by atoms with van der Waals surface area (Å²) in [6.45, 7) is 12.6. The van der Waals surface area contributed by atoms with E-state index in [-0.39, 0.29) is 0 Å². The third-order valence-electron chi connectivity index (χ3n) is 6.72. The van der Waals surface area contributed by atoms with Crippen LogP contribution in [-0.4, -0.2) is 48.6 Å². The zero-order valence-corrected chi connectivity index (χ0v) is 13.7. The van der Waals surface area contributed by atoms with Gasteiger partial charge in [-0.1, -0.05) is 20.8 Å². The minimum absolute atomic E-state index is 0.537. The van der Waals surface area contributed by atoms with E-state index in [1.807, 2.05) is 0 Å². The molecule has 0 aromatic heterocycles. The number of thioether (sulfide) groups is 1. The van der Waals surface area contributed by atoms with Crippen molar-refractivity contribution in [3.05, 3.63) is 0 Å². The molecule has 2 nitrogen and oxygen atoms in total. The summed E-state index contributed by atoms with van der Waals surface area (Å²) < 4.78 is 0. The predicted octanol–water partition coefficient (Wildman–Crippen LogP) is 2.84. The predicted molar refractivity (Wildman–Crippen MR) is 84.8 cm³/mol. The molecule has 0 aromatic rings. The second-order valence-corrected chi connectivity index (χ2v) is 8.80.